The van der Waals surface area contributed by atoms with E-state index in [0.717, 1.165) is 26.2 Å². The summed E-state index contributed by atoms with van der Waals surface area (Å²) in [6, 6.07) is 17.8. The lowest BCUT2D eigenvalue weighted by molar-refractivity contribution is 0.477. The van der Waals surface area contributed by atoms with E-state index in [1.807, 2.05) is 37.3 Å². The number of rotatable bonds is 3. The van der Waals surface area contributed by atoms with Crippen LogP contribution in [0.5, 0.6) is 5.75 Å². The van der Waals surface area contributed by atoms with Crippen molar-refractivity contribution < 1.29 is 5.11 Å². The summed E-state index contributed by atoms with van der Waals surface area (Å²) in [6.45, 7) is 1.94. The quantitative estimate of drug-likeness (QED) is 0.511. The number of aromatic nitrogens is 2. The number of phenolic OH excluding ortho intramolecular Hbond substituents is 1. The van der Waals surface area contributed by atoms with Gasteiger partial charge in [0.1, 0.15) is 22.7 Å². The minimum atomic E-state index is 0.209. The van der Waals surface area contributed by atoms with Crippen LogP contribution >= 0.6 is 11.3 Å². The number of thiophene rings is 1. The minimum absolute atomic E-state index is 0.209. The highest BCUT2D eigenvalue weighted by atomic mass is 32.1. The number of nitrogens with one attached hydrogen (secondary N) is 1. The van der Waals surface area contributed by atoms with Crippen LogP contribution in [0.25, 0.3) is 20.7 Å². The lowest BCUT2D eigenvalue weighted by Gasteiger charge is -2.08. The first-order valence-corrected chi connectivity index (χ1v) is 8.39. The molecule has 0 saturated carbocycles. The van der Waals surface area contributed by atoms with Crippen molar-refractivity contribution in [1.82, 2.24) is 9.97 Å². The summed E-state index contributed by atoms with van der Waals surface area (Å²) in [5, 5.41) is 14.3. The van der Waals surface area contributed by atoms with Gasteiger partial charge in [-0.15, -0.1) is 11.3 Å². The van der Waals surface area contributed by atoms with Gasteiger partial charge in [0.05, 0.1) is 11.1 Å². The van der Waals surface area contributed by atoms with Crippen molar-refractivity contribution >= 4 is 33.1 Å². The van der Waals surface area contributed by atoms with Gasteiger partial charge in [0.25, 0.3) is 0 Å². The number of nitrogens with zero attached hydrogens (tertiary/aromatic N) is 2. The van der Waals surface area contributed by atoms with Gasteiger partial charge in [-0.2, -0.15) is 0 Å². The van der Waals surface area contributed by atoms with Gasteiger partial charge in [-0.1, -0.05) is 36.4 Å². The number of hydrogen-bond donors (Lipinski definition) is 2. The molecule has 0 spiro atoms. The Labute approximate surface area is 143 Å². The molecule has 2 N–H and O–H groups in total. The molecule has 0 aliphatic carbocycles. The topological polar surface area (TPSA) is 58.0 Å². The van der Waals surface area contributed by atoms with Crippen molar-refractivity contribution in [3.63, 3.8) is 0 Å². The van der Waals surface area contributed by atoms with Crippen molar-refractivity contribution in [2.45, 2.75) is 6.92 Å². The fourth-order valence-electron chi connectivity index (χ4n) is 2.57. The zero-order valence-corrected chi connectivity index (χ0v) is 13.8. The number of fused-ring (bicyclic) bond motifs is 1. The SMILES string of the molecule is Cc1ccc(Nc2ncnc3sc(-c4ccccc4)cc23)c(O)c1. The first-order valence-electron chi connectivity index (χ1n) is 7.57. The molecule has 0 atom stereocenters. The maximum Gasteiger partial charge on any atom is 0.142 e. The summed E-state index contributed by atoms with van der Waals surface area (Å²) in [6.07, 6.45) is 1.54. The average Bonchev–Trinajstić information content (AvgIpc) is 3.03. The Morgan fingerprint density at radius 3 is 2.62 bits per heavy atom. The Morgan fingerprint density at radius 1 is 1.00 bits per heavy atom. The summed E-state index contributed by atoms with van der Waals surface area (Å²) >= 11 is 1.63. The standard InChI is InChI=1S/C19H15N3OS/c1-12-7-8-15(16(23)9-12)22-18-14-10-17(13-5-3-2-4-6-13)24-19(14)21-11-20-18/h2-11,23H,1H3,(H,20,21,22). The molecule has 0 bridgehead atoms. The molecule has 5 heteroatoms. The normalized spacial score (nSPS) is 10.9. The maximum absolute atomic E-state index is 10.1. The number of hydrogen-bond acceptors (Lipinski definition) is 5. The summed E-state index contributed by atoms with van der Waals surface area (Å²) < 4.78 is 0. The molecule has 4 aromatic rings. The molecule has 0 aliphatic heterocycles. The molecule has 2 aromatic carbocycles. The van der Waals surface area contributed by atoms with Gasteiger partial charge in [0.15, 0.2) is 0 Å². The Balaban J connectivity index is 1.77. The third-order valence-corrected chi connectivity index (χ3v) is 4.89. The maximum atomic E-state index is 10.1. The molecular formula is C19H15N3OS. The molecule has 2 aromatic heterocycles. The van der Waals surface area contributed by atoms with Gasteiger partial charge in [0, 0.05) is 4.88 Å². The van der Waals surface area contributed by atoms with Crippen molar-refractivity contribution in [2.75, 3.05) is 5.32 Å². The fourth-order valence-corrected chi connectivity index (χ4v) is 3.58. The number of aryl methyl sites for hydroxylation is 1. The van der Waals surface area contributed by atoms with Gasteiger partial charge >= 0.3 is 0 Å². The van der Waals surface area contributed by atoms with E-state index in [1.165, 1.54) is 0 Å². The predicted molar refractivity (Wildman–Crippen MR) is 99.0 cm³/mol. The predicted octanol–water partition coefficient (Wildman–Crippen LogP) is 5.12. The molecule has 0 radical (unpaired) electrons. The summed E-state index contributed by atoms with van der Waals surface area (Å²) in [5.41, 5.74) is 2.80. The molecule has 2 heterocycles. The van der Waals surface area contributed by atoms with E-state index in [2.05, 4.69) is 33.5 Å². The largest absolute Gasteiger partial charge is 0.506 e. The Kier molecular flexibility index (Phi) is 3.63. The lowest BCUT2D eigenvalue weighted by atomic mass is 10.2. The minimum Gasteiger partial charge on any atom is -0.506 e. The van der Waals surface area contributed by atoms with E-state index >= 15 is 0 Å². The monoisotopic (exact) mass is 333 g/mol. The smallest absolute Gasteiger partial charge is 0.142 e. The highest BCUT2D eigenvalue weighted by molar-refractivity contribution is 7.21. The second-order valence-corrected chi connectivity index (χ2v) is 6.59. The van der Waals surface area contributed by atoms with Crippen molar-refractivity contribution in [3.8, 4) is 16.2 Å². The zero-order chi connectivity index (χ0) is 16.5. The van der Waals surface area contributed by atoms with Crippen LogP contribution in [0.4, 0.5) is 11.5 Å². The van der Waals surface area contributed by atoms with Gasteiger partial charge in [-0.3, -0.25) is 0 Å². The molecular weight excluding hydrogens is 318 g/mol. The highest BCUT2D eigenvalue weighted by Crippen LogP contribution is 2.36. The van der Waals surface area contributed by atoms with Gasteiger partial charge < -0.3 is 10.4 Å². The summed E-state index contributed by atoms with van der Waals surface area (Å²) in [5.74, 6) is 0.901. The Bertz CT molecular complexity index is 1010. The Morgan fingerprint density at radius 2 is 1.83 bits per heavy atom. The van der Waals surface area contributed by atoms with Crippen LogP contribution in [0.2, 0.25) is 0 Å². The van der Waals surface area contributed by atoms with Crippen LogP contribution in [-0.2, 0) is 0 Å². The van der Waals surface area contributed by atoms with Crippen molar-refractivity contribution in [1.29, 1.82) is 0 Å². The molecule has 4 rings (SSSR count). The second kappa shape index (κ2) is 5.94. The van der Waals surface area contributed by atoms with Crippen LogP contribution in [0.3, 0.4) is 0 Å². The van der Waals surface area contributed by atoms with E-state index in [9.17, 15) is 5.11 Å². The van der Waals surface area contributed by atoms with E-state index < -0.39 is 0 Å². The van der Waals surface area contributed by atoms with E-state index in [-0.39, 0.29) is 5.75 Å². The fraction of sp³-hybridized carbons (Fsp3) is 0.0526. The number of anilines is 2. The molecule has 0 aliphatic rings. The molecule has 4 nitrogen and oxygen atoms in total. The van der Waals surface area contributed by atoms with Gasteiger partial charge in [-0.05, 0) is 36.2 Å². The summed E-state index contributed by atoms with van der Waals surface area (Å²) in [7, 11) is 0. The van der Waals surface area contributed by atoms with E-state index in [4.69, 9.17) is 0 Å². The number of phenols is 1. The molecule has 24 heavy (non-hydrogen) atoms. The lowest BCUT2D eigenvalue weighted by Crippen LogP contribution is -1.95. The van der Waals surface area contributed by atoms with Crippen LogP contribution in [0.15, 0.2) is 60.9 Å². The third-order valence-electron chi connectivity index (χ3n) is 3.79. The van der Waals surface area contributed by atoms with Crippen molar-refractivity contribution in [3.05, 3.63) is 66.5 Å². The summed E-state index contributed by atoms with van der Waals surface area (Å²) in [4.78, 5) is 10.8. The molecule has 0 unspecified atom stereocenters. The van der Waals surface area contributed by atoms with Gasteiger partial charge in [-0.25, -0.2) is 9.97 Å². The van der Waals surface area contributed by atoms with Crippen molar-refractivity contribution in [2.24, 2.45) is 0 Å². The molecule has 0 amide bonds. The average molecular weight is 333 g/mol. The third kappa shape index (κ3) is 2.70. The molecule has 118 valence electrons. The van der Waals surface area contributed by atoms with E-state index in [1.54, 1.807) is 23.7 Å². The Hall–Kier alpha value is -2.92. The molecule has 0 saturated heterocycles. The molecule has 0 fully saturated rings. The second-order valence-electron chi connectivity index (χ2n) is 5.56. The zero-order valence-electron chi connectivity index (χ0n) is 13.0. The highest BCUT2D eigenvalue weighted by Gasteiger charge is 2.11. The number of aromatic hydroxyl groups is 1. The first-order chi connectivity index (χ1) is 11.7. The first kappa shape index (κ1) is 14.7. The van der Waals surface area contributed by atoms with Crippen LogP contribution in [-0.4, -0.2) is 15.1 Å². The van der Waals surface area contributed by atoms with E-state index in [0.29, 0.717) is 11.5 Å². The number of benzene rings is 2. The van der Waals surface area contributed by atoms with Crippen LogP contribution in [0, 0.1) is 6.92 Å². The van der Waals surface area contributed by atoms with Crippen LogP contribution < -0.4 is 5.32 Å². The van der Waals surface area contributed by atoms with Gasteiger partial charge in [0.2, 0.25) is 0 Å². The van der Waals surface area contributed by atoms with Crippen LogP contribution in [0.1, 0.15) is 5.56 Å².